The zero-order chi connectivity index (χ0) is 22.2. The number of nitrogens with zero attached hydrogens (tertiary/aromatic N) is 1. The third-order valence-electron chi connectivity index (χ3n) is 4.47. The predicted molar refractivity (Wildman–Crippen MR) is 120 cm³/mol. The SMILES string of the molecule is CCCNC(=O)CN1C(=O)S/C(=C\c2ccc(OCc3ccccc3)c(OC)c2)C1=O. The van der Waals surface area contributed by atoms with Crippen LogP contribution in [0.2, 0.25) is 0 Å². The number of nitrogens with one attached hydrogen (secondary N) is 1. The summed E-state index contributed by atoms with van der Waals surface area (Å²) in [5, 5.41) is 2.21. The molecule has 0 aromatic heterocycles. The smallest absolute Gasteiger partial charge is 0.294 e. The van der Waals surface area contributed by atoms with E-state index in [1.54, 1.807) is 24.3 Å². The van der Waals surface area contributed by atoms with Crippen molar-refractivity contribution < 1.29 is 23.9 Å². The summed E-state index contributed by atoms with van der Waals surface area (Å²) >= 11 is 0.814. The summed E-state index contributed by atoms with van der Waals surface area (Å²) in [6, 6.07) is 15.1. The number of amides is 3. The van der Waals surface area contributed by atoms with E-state index in [1.807, 2.05) is 37.3 Å². The number of thioether (sulfide) groups is 1. The number of hydrogen-bond acceptors (Lipinski definition) is 6. The number of rotatable bonds is 9. The van der Waals surface area contributed by atoms with Gasteiger partial charge in [-0.05, 0) is 47.5 Å². The molecule has 0 aliphatic carbocycles. The number of methoxy groups -OCH3 is 1. The minimum Gasteiger partial charge on any atom is -0.493 e. The maximum Gasteiger partial charge on any atom is 0.294 e. The second kappa shape index (κ2) is 10.7. The zero-order valence-corrected chi connectivity index (χ0v) is 18.2. The van der Waals surface area contributed by atoms with Gasteiger partial charge in [0.25, 0.3) is 11.1 Å². The van der Waals surface area contributed by atoms with Crippen LogP contribution in [0.25, 0.3) is 6.08 Å². The fourth-order valence-electron chi connectivity index (χ4n) is 2.88. The van der Waals surface area contributed by atoms with Crippen LogP contribution in [0.15, 0.2) is 53.4 Å². The number of carbonyl (C=O) groups is 3. The molecule has 7 nitrogen and oxygen atoms in total. The molecule has 2 aromatic carbocycles. The molecule has 1 fully saturated rings. The van der Waals surface area contributed by atoms with E-state index in [4.69, 9.17) is 9.47 Å². The molecule has 1 heterocycles. The van der Waals surface area contributed by atoms with Gasteiger partial charge in [-0.2, -0.15) is 0 Å². The summed E-state index contributed by atoms with van der Waals surface area (Å²) in [5.74, 6) is 0.254. The Morgan fingerprint density at radius 3 is 2.61 bits per heavy atom. The van der Waals surface area contributed by atoms with Crippen LogP contribution >= 0.6 is 11.8 Å². The van der Waals surface area contributed by atoms with E-state index < -0.39 is 11.1 Å². The van der Waals surface area contributed by atoms with Crippen LogP contribution in [0.4, 0.5) is 4.79 Å². The highest BCUT2D eigenvalue weighted by molar-refractivity contribution is 8.18. The van der Waals surface area contributed by atoms with Gasteiger partial charge >= 0.3 is 0 Å². The predicted octanol–water partition coefficient (Wildman–Crippen LogP) is 3.84. The van der Waals surface area contributed by atoms with Crippen molar-refractivity contribution in [2.75, 3.05) is 20.2 Å². The van der Waals surface area contributed by atoms with Gasteiger partial charge in [0.15, 0.2) is 11.5 Å². The Hall–Kier alpha value is -3.26. The van der Waals surface area contributed by atoms with Crippen molar-refractivity contribution in [3.63, 3.8) is 0 Å². The standard InChI is InChI=1S/C23H24N2O5S/c1-3-11-24-21(26)14-25-22(27)20(31-23(25)28)13-17-9-10-18(19(12-17)29-2)30-15-16-7-5-4-6-8-16/h4-10,12-13H,3,11,14-15H2,1-2H3,(H,24,26)/b20-13-. The fraction of sp³-hybridized carbons (Fsp3) is 0.261. The minimum absolute atomic E-state index is 0.258. The van der Waals surface area contributed by atoms with Crippen molar-refractivity contribution in [1.29, 1.82) is 0 Å². The highest BCUT2D eigenvalue weighted by Gasteiger charge is 2.36. The van der Waals surface area contributed by atoms with Crippen molar-refractivity contribution in [2.24, 2.45) is 0 Å². The average molecular weight is 441 g/mol. The first-order valence-electron chi connectivity index (χ1n) is 9.88. The van der Waals surface area contributed by atoms with Crippen molar-refractivity contribution in [2.45, 2.75) is 20.0 Å². The van der Waals surface area contributed by atoms with Crippen LogP contribution in [0.1, 0.15) is 24.5 Å². The molecule has 1 aliphatic rings. The quantitative estimate of drug-likeness (QED) is 0.597. The number of carbonyl (C=O) groups excluding carboxylic acids is 3. The third-order valence-corrected chi connectivity index (χ3v) is 5.38. The Morgan fingerprint density at radius 2 is 1.90 bits per heavy atom. The van der Waals surface area contributed by atoms with Crippen LogP contribution in [0, 0.1) is 0 Å². The van der Waals surface area contributed by atoms with Crippen LogP contribution in [-0.4, -0.2) is 42.2 Å². The Balaban J connectivity index is 1.70. The Morgan fingerprint density at radius 1 is 1.13 bits per heavy atom. The molecule has 0 radical (unpaired) electrons. The van der Waals surface area contributed by atoms with Gasteiger partial charge in [-0.25, -0.2) is 0 Å². The highest BCUT2D eigenvalue weighted by atomic mass is 32.2. The molecular formula is C23H24N2O5S. The molecule has 162 valence electrons. The van der Waals surface area contributed by atoms with Crippen molar-refractivity contribution in [1.82, 2.24) is 10.2 Å². The molecule has 0 saturated carbocycles. The molecule has 1 saturated heterocycles. The molecule has 3 amide bonds. The van der Waals surface area contributed by atoms with Crippen molar-refractivity contribution >= 4 is 34.9 Å². The van der Waals surface area contributed by atoms with E-state index in [1.165, 1.54) is 7.11 Å². The van der Waals surface area contributed by atoms with E-state index in [9.17, 15) is 14.4 Å². The van der Waals surface area contributed by atoms with E-state index in [-0.39, 0.29) is 17.4 Å². The van der Waals surface area contributed by atoms with Gasteiger partial charge in [-0.3, -0.25) is 19.3 Å². The van der Waals surface area contributed by atoms with E-state index >= 15 is 0 Å². The summed E-state index contributed by atoms with van der Waals surface area (Å²) in [5.41, 5.74) is 1.72. The molecule has 1 N–H and O–H groups in total. The van der Waals surface area contributed by atoms with Crippen molar-refractivity contribution in [3.05, 3.63) is 64.6 Å². The molecule has 1 aliphatic heterocycles. The summed E-state index contributed by atoms with van der Waals surface area (Å²) < 4.78 is 11.3. The second-order valence-corrected chi connectivity index (χ2v) is 7.80. The Labute approximate surface area is 185 Å². The fourth-order valence-corrected chi connectivity index (χ4v) is 3.72. The molecule has 2 aromatic rings. The maximum atomic E-state index is 12.6. The third kappa shape index (κ3) is 5.88. The van der Waals surface area contributed by atoms with E-state index in [2.05, 4.69) is 5.32 Å². The number of hydrogen-bond donors (Lipinski definition) is 1. The Bertz CT molecular complexity index is 991. The molecule has 0 bridgehead atoms. The summed E-state index contributed by atoms with van der Waals surface area (Å²) in [6.45, 7) is 2.55. The molecule has 31 heavy (non-hydrogen) atoms. The van der Waals surface area contributed by atoms with Gasteiger partial charge in [0.2, 0.25) is 5.91 Å². The summed E-state index contributed by atoms with van der Waals surface area (Å²) in [4.78, 5) is 37.9. The lowest BCUT2D eigenvalue weighted by molar-refractivity contribution is -0.129. The normalized spacial score (nSPS) is 14.8. The molecule has 0 unspecified atom stereocenters. The van der Waals surface area contributed by atoms with Gasteiger partial charge < -0.3 is 14.8 Å². The van der Waals surface area contributed by atoms with Gasteiger partial charge in [0.1, 0.15) is 13.2 Å². The average Bonchev–Trinajstić information content (AvgIpc) is 3.04. The number of benzene rings is 2. The highest BCUT2D eigenvalue weighted by Crippen LogP contribution is 2.34. The molecular weight excluding hydrogens is 416 g/mol. The maximum absolute atomic E-state index is 12.6. The topological polar surface area (TPSA) is 84.9 Å². The van der Waals surface area contributed by atoms with E-state index in [0.717, 1.165) is 28.6 Å². The lowest BCUT2D eigenvalue weighted by Crippen LogP contribution is -2.39. The monoisotopic (exact) mass is 440 g/mol. The molecule has 8 heteroatoms. The minimum atomic E-state index is -0.481. The molecule has 0 atom stereocenters. The lowest BCUT2D eigenvalue weighted by atomic mass is 10.1. The van der Waals surface area contributed by atoms with Gasteiger partial charge in [0.05, 0.1) is 12.0 Å². The van der Waals surface area contributed by atoms with Crippen LogP contribution in [0.5, 0.6) is 11.5 Å². The molecule has 0 spiro atoms. The first kappa shape index (κ1) is 22.4. The first-order valence-corrected chi connectivity index (χ1v) is 10.7. The number of ether oxygens (including phenoxy) is 2. The van der Waals surface area contributed by atoms with Crippen LogP contribution in [0.3, 0.4) is 0 Å². The zero-order valence-electron chi connectivity index (χ0n) is 17.4. The summed E-state index contributed by atoms with van der Waals surface area (Å²) in [7, 11) is 1.54. The Kier molecular flexibility index (Phi) is 7.72. The molecule has 3 rings (SSSR count). The van der Waals surface area contributed by atoms with Crippen LogP contribution < -0.4 is 14.8 Å². The second-order valence-electron chi connectivity index (χ2n) is 6.80. The largest absolute Gasteiger partial charge is 0.493 e. The number of imide groups is 1. The first-order chi connectivity index (χ1) is 15.0. The van der Waals surface area contributed by atoms with Gasteiger partial charge in [-0.1, -0.05) is 43.3 Å². The van der Waals surface area contributed by atoms with Crippen LogP contribution in [-0.2, 0) is 16.2 Å². The van der Waals surface area contributed by atoms with Crippen molar-refractivity contribution in [3.8, 4) is 11.5 Å². The van der Waals surface area contributed by atoms with Gasteiger partial charge in [-0.15, -0.1) is 0 Å². The van der Waals surface area contributed by atoms with E-state index in [0.29, 0.717) is 30.2 Å². The summed E-state index contributed by atoms with van der Waals surface area (Å²) in [6.07, 6.45) is 2.39. The van der Waals surface area contributed by atoms with Gasteiger partial charge in [0, 0.05) is 6.54 Å². The lowest BCUT2D eigenvalue weighted by Gasteiger charge is -2.12.